The molecule has 0 bridgehead atoms. The fourth-order valence-electron chi connectivity index (χ4n) is 3.05. The summed E-state index contributed by atoms with van der Waals surface area (Å²) in [6.45, 7) is 4.21. The van der Waals surface area contributed by atoms with E-state index in [9.17, 15) is 0 Å². The minimum atomic E-state index is -0.345. The highest BCUT2D eigenvalue weighted by Crippen LogP contribution is 2.37. The Balaban J connectivity index is 1.96. The minimum Gasteiger partial charge on any atom is -0.319 e. The number of hydrogen-bond donors (Lipinski definition) is 1. The molecule has 5 heteroatoms. The van der Waals surface area contributed by atoms with Crippen molar-refractivity contribution in [3.8, 4) is 0 Å². The summed E-state index contributed by atoms with van der Waals surface area (Å²) in [5.41, 5.74) is 8.04. The highest BCUT2D eigenvalue weighted by molar-refractivity contribution is 5.39. The second-order valence-electron chi connectivity index (χ2n) is 5.79. The first-order valence-corrected chi connectivity index (χ1v) is 7.09. The van der Waals surface area contributed by atoms with Crippen LogP contribution in [0.25, 0.3) is 5.65 Å². The van der Waals surface area contributed by atoms with Gasteiger partial charge in [0.25, 0.3) is 0 Å². The molecule has 1 aliphatic carbocycles. The van der Waals surface area contributed by atoms with E-state index in [2.05, 4.69) is 22.1 Å². The van der Waals surface area contributed by atoms with Gasteiger partial charge in [-0.3, -0.25) is 4.40 Å². The second-order valence-corrected chi connectivity index (χ2v) is 5.79. The molecule has 3 rings (SSSR count). The van der Waals surface area contributed by atoms with E-state index >= 15 is 0 Å². The zero-order valence-corrected chi connectivity index (χ0v) is 11.6. The smallest absolute Gasteiger partial charge is 0.163 e. The van der Waals surface area contributed by atoms with E-state index in [-0.39, 0.29) is 5.54 Å². The molecule has 0 atom stereocenters. The normalized spacial score (nSPS) is 27.8. The number of hydrogen-bond acceptors (Lipinski definition) is 4. The van der Waals surface area contributed by atoms with Gasteiger partial charge in [0.1, 0.15) is 6.33 Å². The standard InChI is InChI=1S/C14H21N5/c1-3-11-4-6-14(15,7-5-11)13-18-17-12-8-10(2)16-9-19(12)13/h8-9,11H,3-7,15H2,1-2H3. The van der Waals surface area contributed by atoms with Crippen molar-refractivity contribution >= 4 is 5.65 Å². The van der Waals surface area contributed by atoms with E-state index in [1.807, 2.05) is 17.4 Å². The van der Waals surface area contributed by atoms with Crippen molar-refractivity contribution in [3.63, 3.8) is 0 Å². The summed E-state index contributed by atoms with van der Waals surface area (Å²) in [6.07, 6.45) is 7.38. The molecule has 0 aliphatic heterocycles. The fraction of sp³-hybridized carbons (Fsp3) is 0.643. The Hall–Kier alpha value is -1.49. The maximum atomic E-state index is 6.59. The predicted molar refractivity (Wildman–Crippen MR) is 73.6 cm³/mol. The van der Waals surface area contributed by atoms with Crippen molar-refractivity contribution in [2.45, 2.75) is 51.5 Å². The van der Waals surface area contributed by atoms with Crippen LogP contribution in [0.1, 0.15) is 50.5 Å². The summed E-state index contributed by atoms with van der Waals surface area (Å²) < 4.78 is 1.94. The monoisotopic (exact) mass is 259 g/mol. The molecule has 1 aliphatic rings. The first kappa shape index (κ1) is 12.5. The molecule has 19 heavy (non-hydrogen) atoms. The molecule has 0 radical (unpaired) electrons. The predicted octanol–water partition coefficient (Wildman–Crippen LogP) is 2.19. The summed E-state index contributed by atoms with van der Waals surface area (Å²) in [4.78, 5) is 4.32. The highest BCUT2D eigenvalue weighted by atomic mass is 15.3. The van der Waals surface area contributed by atoms with Gasteiger partial charge in [0.05, 0.1) is 5.54 Å². The second kappa shape index (κ2) is 4.56. The first-order valence-electron chi connectivity index (χ1n) is 7.09. The van der Waals surface area contributed by atoms with E-state index in [0.29, 0.717) is 0 Å². The molecule has 0 spiro atoms. The SMILES string of the molecule is CCC1CCC(N)(c2nnc3cc(C)ncn23)CC1. The summed E-state index contributed by atoms with van der Waals surface area (Å²) >= 11 is 0. The topological polar surface area (TPSA) is 69.1 Å². The zero-order valence-electron chi connectivity index (χ0n) is 11.6. The lowest BCUT2D eigenvalue weighted by atomic mass is 9.76. The van der Waals surface area contributed by atoms with Crippen molar-refractivity contribution in [3.05, 3.63) is 23.9 Å². The van der Waals surface area contributed by atoms with Gasteiger partial charge in [-0.25, -0.2) is 4.98 Å². The lowest BCUT2D eigenvalue weighted by Crippen LogP contribution is -2.42. The van der Waals surface area contributed by atoms with Crippen LogP contribution in [0, 0.1) is 12.8 Å². The summed E-state index contributed by atoms with van der Waals surface area (Å²) in [5, 5.41) is 8.56. The Morgan fingerprint density at radius 3 is 2.79 bits per heavy atom. The van der Waals surface area contributed by atoms with Crippen molar-refractivity contribution < 1.29 is 0 Å². The van der Waals surface area contributed by atoms with Gasteiger partial charge in [-0.1, -0.05) is 13.3 Å². The van der Waals surface area contributed by atoms with E-state index in [0.717, 1.165) is 35.9 Å². The lowest BCUT2D eigenvalue weighted by Gasteiger charge is -2.35. The number of rotatable bonds is 2. The van der Waals surface area contributed by atoms with Crippen LogP contribution in [-0.4, -0.2) is 19.6 Å². The van der Waals surface area contributed by atoms with E-state index in [1.165, 1.54) is 19.3 Å². The Morgan fingerprint density at radius 2 is 2.11 bits per heavy atom. The Labute approximate surface area is 113 Å². The van der Waals surface area contributed by atoms with Crippen LogP contribution in [0.15, 0.2) is 12.4 Å². The third-order valence-corrected chi connectivity index (χ3v) is 4.46. The molecule has 0 amide bonds. The molecule has 0 unspecified atom stereocenters. The van der Waals surface area contributed by atoms with Crippen molar-refractivity contribution in [1.29, 1.82) is 0 Å². The maximum absolute atomic E-state index is 6.59. The van der Waals surface area contributed by atoms with Crippen LogP contribution in [0.4, 0.5) is 0 Å². The molecule has 2 aromatic heterocycles. The fourth-order valence-corrected chi connectivity index (χ4v) is 3.05. The van der Waals surface area contributed by atoms with E-state index in [1.54, 1.807) is 6.33 Å². The molecule has 2 aromatic rings. The molecular weight excluding hydrogens is 238 g/mol. The number of fused-ring (bicyclic) bond motifs is 1. The average molecular weight is 259 g/mol. The largest absolute Gasteiger partial charge is 0.319 e. The summed E-state index contributed by atoms with van der Waals surface area (Å²) in [5.74, 6) is 1.68. The van der Waals surface area contributed by atoms with E-state index in [4.69, 9.17) is 5.73 Å². The highest BCUT2D eigenvalue weighted by Gasteiger charge is 2.36. The number of aryl methyl sites for hydroxylation is 1. The summed E-state index contributed by atoms with van der Waals surface area (Å²) in [7, 11) is 0. The molecular formula is C14H21N5. The Bertz CT molecular complexity index is 581. The van der Waals surface area contributed by atoms with Crippen LogP contribution >= 0.6 is 0 Å². The van der Waals surface area contributed by atoms with Crippen molar-refractivity contribution in [1.82, 2.24) is 19.6 Å². The quantitative estimate of drug-likeness (QED) is 0.897. The van der Waals surface area contributed by atoms with Crippen LogP contribution < -0.4 is 5.73 Å². The molecule has 102 valence electrons. The van der Waals surface area contributed by atoms with Crippen LogP contribution in [0.2, 0.25) is 0 Å². The van der Waals surface area contributed by atoms with Gasteiger partial charge < -0.3 is 5.73 Å². The average Bonchev–Trinajstić information content (AvgIpc) is 2.83. The number of nitrogens with two attached hydrogens (primary N) is 1. The van der Waals surface area contributed by atoms with Gasteiger partial charge in [-0.2, -0.15) is 0 Å². The summed E-state index contributed by atoms with van der Waals surface area (Å²) in [6, 6.07) is 1.94. The maximum Gasteiger partial charge on any atom is 0.163 e. The molecule has 5 nitrogen and oxygen atoms in total. The molecule has 0 aromatic carbocycles. The van der Waals surface area contributed by atoms with Crippen molar-refractivity contribution in [2.24, 2.45) is 11.7 Å². The third-order valence-electron chi connectivity index (χ3n) is 4.46. The van der Waals surface area contributed by atoms with Gasteiger partial charge in [0, 0.05) is 11.8 Å². The Kier molecular flexibility index (Phi) is 3.01. The molecule has 2 heterocycles. The van der Waals surface area contributed by atoms with Gasteiger partial charge in [-0.15, -0.1) is 10.2 Å². The molecule has 1 saturated carbocycles. The van der Waals surface area contributed by atoms with Gasteiger partial charge in [0.15, 0.2) is 11.5 Å². The lowest BCUT2D eigenvalue weighted by molar-refractivity contribution is 0.220. The first-order chi connectivity index (χ1) is 9.12. The van der Waals surface area contributed by atoms with Gasteiger partial charge in [-0.05, 0) is 38.5 Å². The molecule has 0 saturated heterocycles. The third kappa shape index (κ3) is 2.12. The van der Waals surface area contributed by atoms with Crippen LogP contribution in [-0.2, 0) is 5.54 Å². The van der Waals surface area contributed by atoms with E-state index < -0.39 is 0 Å². The molecule has 2 N–H and O–H groups in total. The Morgan fingerprint density at radius 1 is 1.37 bits per heavy atom. The molecule has 1 fully saturated rings. The zero-order chi connectivity index (χ0) is 13.5. The van der Waals surface area contributed by atoms with Crippen molar-refractivity contribution in [2.75, 3.05) is 0 Å². The van der Waals surface area contributed by atoms with Gasteiger partial charge in [0.2, 0.25) is 0 Å². The number of nitrogens with zero attached hydrogens (tertiary/aromatic N) is 4. The minimum absolute atomic E-state index is 0.345. The number of aromatic nitrogens is 4. The van der Waals surface area contributed by atoms with Crippen LogP contribution in [0.3, 0.4) is 0 Å². The van der Waals surface area contributed by atoms with Crippen LogP contribution in [0.5, 0.6) is 0 Å². The van der Waals surface area contributed by atoms with Gasteiger partial charge >= 0.3 is 0 Å².